The van der Waals surface area contributed by atoms with Gasteiger partial charge in [0.05, 0.1) is 6.10 Å². The number of nitrogen functional groups attached to an aromatic ring is 1. The van der Waals surface area contributed by atoms with Crippen LogP contribution >= 0.6 is 0 Å². The maximum atomic E-state index is 12.2. The Bertz CT molecular complexity index is 481. The molecule has 1 saturated heterocycles. The summed E-state index contributed by atoms with van der Waals surface area (Å²) in [6, 6.07) is 5.90. The van der Waals surface area contributed by atoms with Crippen LogP contribution in [0.1, 0.15) is 36.8 Å². The van der Waals surface area contributed by atoms with Gasteiger partial charge in [0.1, 0.15) is 0 Å². The predicted octanol–water partition coefficient (Wildman–Crippen LogP) is 2.07. The van der Waals surface area contributed by atoms with Gasteiger partial charge in [-0.25, -0.2) is 0 Å². The summed E-state index contributed by atoms with van der Waals surface area (Å²) >= 11 is 0. The molecular formula is C15H20N2O2. The van der Waals surface area contributed by atoms with Gasteiger partial charge in [-0.2, -0.15) is 0 Å². The number of amides is 1. The lowest BCUT2D eigenvalue weighted by atomic mass is 10.1. The molecule has 1 unspecified atom stereocenters. The first-order valence-corrected chi connectivity index (χ1v) is 6.99. The molecule has 4 heteroatoms. The van der Waals surface area contributed by atoms with Gasteiger partial charge in [-0.15, -0.1) is 0 Å². The molecular weight excluding hydrogens is 240 g/mol. The van der Waals surface area contributed by atoms with Crippen molar-refractivity contribution < 1.29 is 9.53 Å². The van der Waals surface area contributed by atoms with E-state index in [0.29, 0.717) is 19.1 Å². The van der Waals surface area contributed by atoms with Crippen LogP contribution in [0.5, 0.6) is 0 Å². The Hall–Kier alpha value is -1.55. The van der Waals surface area contributed by atoms with E-state index < -0.39 is 0 Å². The number of anilines is 1. The standard InChI is InChI=1S/C15H20N2O2/c16-13-4-3-11-9-17(10-12(11)8-13)15(18)6-5-14-2-1-7-19-14/h3-4,8,14H,1-2,5-7,9-10,16H2. The third kappa shape index (κ3) is 2.73. The van der Waals surface area contributed by atoms with Crippen molar-refractivity contribution in [2.24, 2.45) is 0 Å². The molecule has 2 heterocycles. The number of ether oxygens (including phenoxy) is 1. The Morgan fingerprint density at radius 1 is 1.37 bits per heavy atom. The zero-order valence-corrected chi connectivity index (χ0v) is 11.1. The fourth-order valence-electron chi connectivity index (χ4n) is 2.91. The highest BCUT2D eigenvalue weighted by Crippen LogP contribution is 2.26. The summed E-state index contributed by atoms with van der Waals surface area (Å²) in [5.41, 5.74) is 8.95. The zero-order valence-electron chi connectivity index (χ0n) is 11.1. The van der Waals surface area contributed by atoms with E-state index in [-0.39, 0.29) is 5.91 Å². The molecule has 19 heavy (non-hydrogen) atoms. The number of benzene rings is 1. The van der Waals surface area contributed by atoms with Crippen molar-refractivity contribution >= 4 is 11.6 Å². The first-order valence-electron chi connectivity index (χ1n) is 6.99. The molecule has 3 rings (SSSR count). The molecule has 1 aromatic carbocycles. The zero-order chi connectivity index (χ0) is 13.2. The second-order valence-electron chi connectivity index (χ2n) is 5.45. The number of nitrogens with two attached hydrogens (primary N) is 1. The molecule has 0 spiro atoms. The van der Waals surface area contributed by atoms with E-state index in [1.165, 1.54) is 11.1 Å². The summed E-state index contributed by atoms with van der Waals surface area (Å²) in [5, 5.41) is 0. The molecule has 4 nitrogen and oxygen atoms in total. The van der Waals surface area contributed by atoms with Gasteiger partial charge in [0, 0.05) is 31.8 Å². The van der Waals surface area contributed by atoms with Crippen molar-refractivity contribution in [2.45, 2.75) is 44.9 Å². The van der Waals surface area contributed by atoms with E-state index in [2.05, 4.69) is 0 Å². The van der Waals surface area contributed by atoms with Gasteiger partial charge in [-0.1, -0.05) is 6.07 Å². The quantitative estimate of drug-likeness (QED) is 0.846. The van der Waals surface area contributed by atoms with Crippen molar-refractivity contribution in [3.05, 3.63) is 29.3 Å². The minimum atomic E-state index is 0.227. The first-order chi connectivity index (χ1) is 9.22. The van der Waals surface area contributed by atoms with Crippen LogP contribution in [0, 0.1) is 0 Å². The lowest BCUT2D eigenvalue weighted by Gasteiger charge is -2.16. The van der Waals surface area contributed by atoms with Gasteiger partial charge in [-0.3, -0.25) is 4.79 Å². The van der Waals surface area contributed by atoms with Crippen molar-refractivity contribution in [2.75, 3.05) is 12.3 Å². The maximum absolute atomic E-state index is 12.2. The van der Waals surface area contributed by atoms with Crippen LogP contribution in [-0.4, -0.2) is 23.5 Å². The fourth-order valence-corrected chi connectivity index (χ4v) is 2.91. The van der Waals surface area contributed by atoms with Crippen molar-refractivity contribution in [1.82, 2.24) is 4.90 Å². The summed E-state index contributed by atoms with van der Waals surface area (Å²) < 4.78 is 5.56. The van der Waals surface area contributed by atoms with Crippen LogP contribution in [0.25, 0.3) is 0 Å². The van der Waals surface area contributed by atoms with E-state index >= 15 is 0 Å². The highest BCUT2D eigenvalue weighted by Gasteiger charge is 2.24. The van der Waals surface area contributed by atoms with Gasteiger partial charge in [0.25, 0.3) is 0 Å². The molecule has 102 valence electrons. The van der Waals surface area contributed by atoms with Crippen molar-refractivity contribution in [3.8, 4) is 0 Å². The number of fused-ring (bicyclic) bond motifs is 1. The molecule has 0 aliphatic carbocycles. The van der Waals surface area contributed by atoms with E-state index in [1.54, 1.807) is 0 Å². The second kappa shape index (κ2) is 5.21. The Morgan fingerprint density at radius 2 is 2.21 bits per heavy atom. The minimum Gasteiger partial charge on any atom is -0.399 e. The Labute approximate surface area is 113 Å². The normalized spacial score (nSPS) is 21.7. The molecule has 1 amide bonds. The summed E-state index contributed by atoms with van der Waals surface area (Å²) in [7, 11) is 0. The molecule has 2 aliphatic heterocycles. The van der Waals surface area contributed by atoms with Crippen LogP contribution in [0.15, 0.2) is 18.2 Å². The van der Waals surface area contributed by atoms with E-state index in [1.807, 2.05) is 23.1 Å². The number of hydrogen-bond donors (Lipinski definition) is 1. The monoisotopic (exact) mass is 260 g/mol. The summed E-state index contributed by atoms with van der Waals surface area (Å²) in [6.07, 6.45) is 3.98. The van der Waals surface area contributed by atoms with Crippen molar-refractivity contribution in [1.29, 1.82) is 0 Å². The molecule has 0 aromatic heterocycles. The highest BCUT2D eigenvalue weighted by atomic mass is 16.5. The van der Waals surface area contributed by atoms with Crippen molar-refractivity contribution in [3.63, 3.8) is 0 Å². The topological polar surface area (TPSA) is 55.6 Å². The summed E-state index contributed by atoms with van der Waals surface area (Å²) in [4.78, 5) is 14.1. The van der Waals surface area contributed by atoms with Crippen LogP contribution in [-0.2, 0) is 22.6 Å². The van der Waals surface area contributed by atoms with Crippen LogP contribution < -0.4 is 5.73 Å². The number of carbonyl (C=O) groups excluding carboxylic acids is 1. The molecule has 2 aliphatic rings. The molecule has 1 atom stereocenters. The third-order valence-corrected chi connectivity index (χ3v) is 4.01. The predicted molar refractivity (Wildman–Crippen MR) is 73.3 cm³/mol. The van der Waals surface area contributed by atoms with Crippen LogP contribution in [0.2, 0.25) is 0 Å². The van der Waals surface area contributed by atoms with Gasteiger partial charge in [0.15, 0.2) is 0 Å². The third-order valence-electron chi connectivity index (χ3n) is 4.01. The Balaban J connectivity index is 1.55. The largest absolute Gasteiger partial charge is 0.399 e. The SMILES string of the molecule is Nc1ccc2c(c1)CN(C(=O)CCC1CCCO1)C2. The average Bonchev–Trinajstić information content (AvgIpc) is 3.04. The second-order valence-corrected chi connectivity index (χ2v) is 5.45. The number of hydrogen-bond acceptors (Lipinski definition) is 3. The summed E-state index contributed by atoms with van der Waals surface area (Å²) in [6.45, 7) is 2.28. The van der Waals surface area contributed by atoms with E-state index in [4.69, 9.17) is 10.5 Å². The fraction of sp³-hybridized carbons (Fsp3) is 0.533. The average molecular weight is 260 g/mol. The van der Waals surface area contributed by atoms with Gasteiger partial charge in [0.2, 0.25) is 5.91 Å². The number of carbonyl (C=O) groups is 1. The van der Waals surface area contributed by atoms with Gasteiger partial charge >= 0.3 is 0 Å². The van der Waals surface area contributed by atoms with Crippen LogP contribution in [0.4, 0.5) is 5.69 Å². The Kier molecular flexibility index (Phi) is 3.42. The van der Waals surface area contributed by atoms with E-state index in [0.717, 1.165) is 38.1 Å². The molecule has 0 bridgehead atoms. The summed E-state index contributed by atoms with van der Waals surface area (Å²) in [5.74, 6) is 0.227. The molecule has 0 saturated carbocycles. The Morgan fingerprint density at radius 3 is 3.00 bits per heavy atom. The maximum Gasteiger partial charge on any atom is 0.223 e. The molecule has 2 N–H and O–H groups in total. The van der Waals surface area contributed by atoms with E-state index in [9.17, 15) is 4.79 Å². The number of rotatable bonds is 3. The van der Waals surface area contributed by atoms with Crippen LogP contribution in [0.3, 0.4) is 0 Å². The lowest BCUT2D eigenvalue weighted by Crippen LogP contribution is -2.26. The number of nitrogens with zero attached hydrogens (tertiary/aromatic N) is 1. The molecule has 1 fully saturated rings. The van der Waals surface area contributed by atoms with Gasteiger partial charge in [-0.05, 0) is 42.5 Å². The molecule has 1 aromatic rings. The smallest absolute Gasteiger partial charge is 0.223 e. The lowest BCUT2D eigenvalue weighted by molar-refractivity contribution is -0.132. The minimum absolute atomic E-state index is 0.227. The highest BCUT2D eigenvalue weighted by molar-refractivity contribution is 5.77. The first kappa shape index (κ1) is 12.5. The van der Waals surface area contributed by atoms with Gasteiger partial charge < -0.3 is 15.4 Å². The molecule has 0 radical (unpaired) electrons.